The molecule has 0 radical (unpaired) electrons. The van der Waals surface area contributed by atoms with Gasteiger partial charge in [0.25, 0.3) is 5.91 Å². The summed E-state index contributed by atoms with van der Waals surface area (Å²) in [6, 6.07) is 3.27. The molecule has 1 amide bonds. The van der Waals surface area contributed by atoms with Gasteiger partial charge < -0.3 is 19.5 Å². The van der Waals surface area contributed by atoms with Crippen molar-refractivity contribution in [3.05, 3.63) is 33.8 Å². The highest BCUT2D eigenvalue weighted by atomic mass is 32.1. The largest absolute Gasteiger partial charge is 0.490 e. The van der Waals surface area contributed by atoms with Crippen LogP contribution in [-0.2, 0) is 0 Å². The smallest absolute Gasteiger partial charge is 0.252 e. The van der Waals surface area contributed by atoms with Crippen LogP contribution in [0.4, 0.5) is 0 Å². The molecule has 0 fully saturated rings. The molecule has 0 aliphatic heterocycles. The zero-order valence-corrected chi connectivity index (χ0v) is 17.4. The van der Waals surface area contributed by atoms with Gasteiger partial charge in [0.05, 0.1) is 25.9 Å². The molecule has 0 saturated heterocycles. The molecule has 1 unspecified atom stereocenters. The Morgan fingerprint density at radius 3 is 2.11 bits per heavy atom. The summed E-state index contributed by atoms with van der Waals surface area (Å²) in [6.45, 7) is 11.1. The van der Waals surface area contributed by atoms with E-state index in [0.717, 1.165) is 17.1 Å². The molecule has 2 rings (SSSR count). The molecule has 0 aliphatic carbocycles. The van der Waals surface area contributed by atoms with Crippen LogP contribution in [0.1, 0.15) is 61.2 Å². The summed E-state index contributed by atoms with van der Waals surface area (Å²) in [5, 5.41) is 5.95. The van der Waals surface area contributed by atoms with Gasteiger partial charge in [-0.1, -0.05) is 6.92 Å². The molecule has 0 bridgehead atoms. The predicted molar refractivity (Wildman–Crippen MR) is 107 cm³/mol. The first-order chi connectivity index (χ1) is 13.0. The second kappa shape index (κ2) is 10.2. The van der Waals surface area contributed by atoms with E-state index < -0.39 is 0 Å². The summed E-state index contributed by atoms with van der Waals surface area (Å²) in [5.41, 5.74) is 1.43. The van der Waals surface area contributed by atoms with Crippen molar-refractivity contribution in [2.24, 2.45) is 0 Å². The molecule has 148 valence electrons. The van der Waals surface area contributed by atoms with Crippen molar-refractivity contribution in [1.82, 2.24) is 10.3 Å². The molecule has 7 heteroatoms. The lowest BCUT2D eigenvalue weighted by Crippen LogP contribution is -2.28. The molecular formula is C20H28N2O4S. The second-order valence-corrected chi connectivity index (χ2v) is 6.75. The van der Waals surface area contributed by atoms with Crippen molar-refractivity contribution in [3.8, 4) is 17.2 Å². The fourth-order valence-corrected chi connectivity index (χ4v) is 3.56. The van der Waals surface area contributed by atoms with Crippen molar-refractivity contribution in [2.45, 2.75) is 47.1 Å². The number of thiazole rings is 1. The summed E-state index contributed by atoms with van der Waals surface area (Å²) in [7, 11) is 0. The van der Waals surface area contributed by atoms with Gasteiger partial charge in [-0.25, -0.2) is 4.98 Å². The second-order valence-electron chi connectivity index (χ2n) is 5.86. The molecule has 2 aromatic rings. The Hall–Kier alpha value is -2.28. The van der Waals surface area contributed by atoms with Crippen LogP contribution in [0, 0.1) is 6.92 Å². The van der Waals surface area contributed by atoms with Gasteiger partial charge in [0, 0.05) is 16.6 Å². The monoisotopic (exact) mass is 392 g/mol. The Labute approximate surface area is 164 Å². The summed E-state index contributed by atoms with van der Waals surface area (Å²) < 4.78 is 17.1. The molecule has 27 heavy (non-hydrogen) atoms. The van der Waals surface area contributed by atoms with Crippen molar-refractivity contribution < 1.29 is 19.0 Å². The number of hydrogen-bond acceptors (Lipinski definition) is 6. The van der Waals surface area contributed by atoms with Crippen LogP contribution >= 0.6 is 11.3 Å². The number of nitrogens with one attached hydrogen (secondary N) is 1. The van der Waals surface area contributed by atoms with Crippen LogP contribution in [0.2, 0.25) is 0 Å². The highest BCUT2D eigenvalue weighted by Gasteiger charge is 2.21. The number of carbonyl (C=O) groups excluding carboxylic acids is 1. The molecular weight excluding hydrogens is 364 g/mol. The molecule has 0 spiro atoms. The summed E-state index contributed by atoms with van der Waals surface area (Å²) in [6.07, 6.45) is 0.756. The van der Waals surface area contributed by atoms with Crippen LogP contribution in [0.15, 0.2) is 17.5 Å². The minimum atomic E-state index is -0.195. The number of aromatic nitrogens is 1. The van der Waals surface area contributed by atoms with E-state index in [1.54, 1.807) is 23.5 Å². The lowest BCUT2D eigenvalue weighted by atomic mass is 10.1. The van der Waals surface area contributed by atoms with E-state index in [1.807, 2.05) is 40.0 Å². The maximum absolute atomic E-state index is 12.9. The lowest BCUT2D eigenvalue weighted by molar-refractivity contribution is 0.0934. The molecule has 6 nitrogen and oxygen atoms in total. The Morgan fingerprint density at radius 2 is 1.67 bits per heavy atom. The first-order valence-electron chi connectivity index (χ1n) is 9.33. The third-order valence-electron chi connectivity index (χ3n) is 3.82. The number of ether oxygens (including phenoxy) is 3. The molecule has 1 heterocycles. The number of carbonyl (C=O) groups is 1. The SMILES string of the molecule is CCOc1cc(C(=O)NC(CC)c2nc(C)cs2)cc(OCC)c1OCC. The maximum atomic E-state index is 12.9. The van der Waals surface area contributed by atoms with Crippen LogP contribution in [0.3, 0.4) is 0 Å². The van der Waals surface area contributed by atoms with Crippen molar-refractivity contribution in [3.63, 3.8) is 0 Å². The van der Waals surface area contributed by atoms with E-state index in [4.69, 9.17) is 14.2 Å². The summed E-state index contributed by atoms with van der Waals surface area (Å²) >= 11 is 1.56. The van der Waals surface area contributed by atoms with Crippen LogP contribution in [-0.4, -0.2) is 30.7 Å². The quantitative estimate of drug-likeness (QED) is 0.643. The first kappa shape index (κ1) is 21.0. The molecule has 0 saturated carbocycles. The number of benzene rings is 1. The average Bonchev–Trinajstić information content (AvgIpc) is 3.08. The first-order valence-corrected chi connectivity index (χ1v) is 10.2. The number of nitrogens with zero attached hydrogens (tertiary/aromatic N) is 1. The highest BCUT2D eigenvalue weighted by molar-refractivity contribution is 7.09. The van der Waals surface area contributed by atoms with Crippen LogP contribution in [0.5, 0.6) is 17.2 Å². The Morgan fingerprint density at radius 1 is 1.07 bits per heavy atom. The van der Waals surface area contributed by atoms with Gasteiger partial charge in [0.1, 0.15) is 5.01 Å². The Balaban J connectivity index is 2.33. The van der Waals surface area contributed by atoms with E-state index in [9.17, 15) is 4.79 Å². The third kappa shape index (κ3) is 5.35. The highest BCUT2D eigenvalue weighted by Crippen LogP contribution is 2.39. The molecule has 1 atom stereocenters. The number of hydrogen-bond donors (Lipinski definition) is 1. The molecule has 1 aromatic carbocycles. The van der Waals surface area contributed by atoms with E-state index >= 15 is 0 Å². The fourth-order valence-electron chi connectivity index (χ4n) is 2.63. The minimum Gasteiger partial charge on any atom is -0.490 e. The van der Waals surface area contributed by atoms with Gasteiger partial charge in [-0.3, -0.25) is 4.79 Å². The standard InChI is InChI=1S/C20H28N2O4S/c1-6-15(20-21-13(5)12-27-20)22-19(23)14-10-16(24-7-2)18(26-9-4)17(11-14)25-8-3/h10-12,15H,6-9H2,1-5H3,(H,22,23). The van der Waals surface area contributed by atoms with Crippen molar-refractivity contribution in [2.75, 3.05) is 19.8 Å². The Kier molecular flexibility index (Phi) is 7.91. The van der Waals surface area contributed by atoms with Crippen molar-refractivity contribution in [1.29, 1.82) is 0 Å². The zero-order chi connectivity index (χ0) is 19.8. The molecule has 1 aromatic heterocycles. The van der Waals surface area contributed by atoms with Gasteiger partial charge in [-0.2, -0.15) is 0 Å². The normalized spacial score (nSPS) is 11.7. The number of amides is 1. The maximum Gasteiger partial charge on any atom is 0.252 e. The average molecular weight is 393 g/mol. The van der Waals surface area contributed by atoms with E-state index in [0.29, 0.717) is 42.6 Å². The third-order valence-corrected chi connectivity index (χ3v) is 4.90. The lowest BCUT2D eigenvalue weighted by Gasteiger charge is -2.18. The van der Waals surface area contributed by atoms with E-state index in [1.165, 1.54) is 0 Å². The van der Waals surface area contributed by atoms with Gasteiger partial charge in [0.2, 0.25) is 5.75 Å². The van der Waals surface area contributed by atoms with Crippen LogP contribution < -0.4 is 19.5 Å². The number of rotatable bonds is 10. The zero-order valence-electron chi connectivity index (χ0n) is 16.6. The van der Waals surface area contributed by atoms with E-state index in [2.05, 4.69) is 10.3 Å². The predicted octanol–water partition coefficient (Wildman–Crippen LogP) is 4.53. The molecule has 0 aliphatic rings. The van der Waals surface area contributed by atoms with Crippen LogP contribution in [0.25, 0.3) is 0 Å². The van der Waals surface area contributed by atoms with Gasteiger partial charge in [0.15, 0.2) is 11.5 Å². The fraction of sp³-hybridized carbons (Fsp3) is 0.500. The van der Waals surface area contributed by atoms with Gasteiger partial charge >= 0.3 is 0 Å². The number of aryl methyl sites for hydroxylation is 1. The Bertz CT molecular complexity index is 733. The minimum absolute atomic E-state index is 0.131. The summed E-state index contributed by atoms with van der Waals surface area (Å²) in [4.78, 5) is 17.4. The topological polar surface area (TPSA) is 69.7 Å². The van der Waals surface area contributed by atoms with E-state index in [-0.39, 0.29) is 11.9 Å². The molecule has 1 N–H and O–H groups in total. The van der Waals surface area contributed by atoms with Gasteiger partial charge in [-0.05, 0) is 46.2 Å². The van der Waals surface area contributed by atoms with Crippen molar-refractivity contribution >= 4 is 17.2 Å². The van der Waals surface area contributed by atoms with Gasteiger partial charge in [-0.15, -0.1) is 11.3 Å². The summed E-state index contributed by atoms with van der Waals surface area (Å²) in [5.74, 6) is 1.35.